The average Bonchev–Trinajstić information content (AvgIpc) is 3.07. The van der Waals surface area contributed by atoms with Crippen LogP contribution in [0.5, 0.6) is 5.75 Å². The minimum absolute atomic E-state index is 0.00503. The molecule has 0 aliphatic rings. The van der Waals surface area contributed by atoms with Gasteiger partial charge in [0, 0.05) is 19.5 Å². The summed E-state index contributed by atoms with van der Waals surface area (Å²) in [6.07, 6.45) is 1.81. The second-order valence-electron chi connectivity index (χ2n) is 11.2. The lowest BCUT2D eigenvalue weighted by atomic mass is 10.0. The number of nitrogens with zero attached hydrogens (tertiary/aromatic N) is 2. The number of carbonyl (C=O) groups is 2. The van der Waals surface area contributed by atoms with E-state index in [1.54, 1.807) is 55.5 Å². The molecule has 10 heteroatoms. The van der Waals surface area contributed by atoms with Crippen molar-refractivity contribution in [2.75, 3.05) is 24.0 Å². The summed E-state index contributed by atoms with van der Waals surface area (Å²) in [5, 5.41) is 2.96. The molecule has 0 saturated carbocycles. The zero-order valence-electron chi connectivity index (χ0n) is 27.1. The summed E-state index contributed by atoms with van der Waals surface area (Å²) in [5.41, 5.74) is 2.48. The Morgan fingerprint density at radius 1 is 0.851 bits per heavy atom. The molecule has 0 aliphatic heterocycles. The highest BCUT2D eigenvalue weighted by molar-refractivity contribution is 7.92. The average molecular weight is 660 g/mol. The van der Waals surface area contributed by atoms with Crippen LogP contribution in [0, 0.1) is 12.7 Å². The van der Waals surface area contributed by atoms with Crippen molar-refractivity contribution in [1.82, 2.24) is 10.2 Å². The molecule has 4 aromatic carbocycles. The number of amides is 2. The standard InChI is InChI=1S/C37H42FN3O5S/c1-4-6-24-39-37(43)34(25-29-12-8-7-9-13-29)40(26-30-18-20-31(38)21-19-30)36(42)27-41(33-14-10-11-15-35(33)46-5-2)47(44,45)32-22-16-28(3)17-23-32/h7-23,34H,4-6,24-27H2,1-3H3,(H,39,43)/t34-/m1/s1. The van der Waals surface area contributed by atoms with Gasteiger partial charge in [-0.3, -0.25) is 13.9 Å². The van der Waals surface area contributed by atoms with E-state index in [2.05, 4.69) is 5.32 Å². The fourth-order valence-corrected chi connectivity index (χ4v) is 6.56. The molecule has 1 atom stereocenters. The third-order valence-corrected chi connectivity index (χ3v) is 9.46. The van der Waals surface area contributed by atoms with Crippen molar-refractivity contribution in [3.05, 3.63) is 126 Å². The van der Waals surface area contributed by atoms with E-state index in [1.165, 1.54) is 29.2 Å². The lowest BCUT2D eigenvalue weighted by Gasteiger charge is -2.34. The molecule has 0 spiro atoms. The Kier molecular flexibility index (Phi) is 12.5. The number of aryl methyl sites for hydroxylation is 1. The first kappa shape index (κ1) is 35.2. The summed E-state index contributed by atoms with van der Waals surface area (Å²) in [7, 11) is -4.29. The first-order valence-corrected chi connectivity index (χ1v) is 17.2. The van der Waals surface area contributed by atoms with E-state index >= 15 is 0 Å². The summed E-state index contributed by atoms with van der Waals surface area (Å²) in [6.45, 7) is 5.69. The van der Waals surface area contributed by atoms with Crippen LogP contribution in [0.4, 0.5) is 10.1 Å². The van der Waals surface area contributed by atoms with Crippen LogP contribution >= 0.6 is 0 Å². The van der Waals surface area contributed by atoms with Crippen LogP contribution < -0.4 is 14.4 Å². The van der Waals surface area contributed by atoms with Crippen LogP contribution in [-0.2, 0) is 32.6 Å². The van der Waals surface area contributed by atoms with Crippen molar-refractivity contribution < 1.29 is 27.1 Å². The maximum absolute atomic E-state index is 14.6. The first-order chi connectivity index (χ1) is 22.6. The molecule has 0 aliphatic carbocycles. The molecule has 0 bridgehead atoms. The Labute approximate surface area is 277 Å². The van der Waals surface area contributed by atoms with Crippen molar-refractivity contribution >= 4 is 27.5 Å². The van der Waals surface area contributed by atoms with Gasteiger partial charge in [-0.1, -0.05) is 85.6 Å². The van der Waals surface area contributed by atoms with Gasteiger partial charge in [0.15, 0.2) is 0 Å². The van der Waals surface area contributed by atoms with E-state index < -0.39 is 34.3 Å². The van der Waals surface area contributed by atoms with Crippen molar-refractivity contribution in [2.24, 2.45) is 0 Å². The highest BCUT2D eigenvalue weighted by Gasteiger charge is 2.35. The Bertz CT molecular complexity index is 1720. The number of rotatable bonds is 16. The van der Waals surface area contributed by atoms with Crippen LogP contribution in [0.15, 0.2) is 108 Å². The largest absolute Gasteiger partial charge is 0.492 e. The predicted octanol–water partition coefficient (Wildman–Crippen LogP) is 6.28. The maximum atomic E-state index is 14.6. The first-order valence-electron chi connectivity index (χ1n) is 15.8. The fourth-order valence-electron chi connectivity index (χ4n) is 5.14. The SMILES string of the molecule is CCCCNC(=O)[C@@H](Cc1ccccc1)N(Cc1ccc(F)cc1)C(=O)CN(c1ccccc1OCC)S(=O)(=O)c1ccc(C)cc1. The number of unbranched alkanes of at least 4 members (excludes halogenated alkanes) is 1. The molecule has 0 aromatic heterocycles. The molecule has 8 nitrogen and oxygen atoms in total. The normalized spacial score (nSPS) is 11.8. The molecular formula is C37H42FN3O5S. The zero-order chi connectivity index (χ0) is 33.8. The summed E-state index contributed by atoms with van der Waals surface area (Å²) in [6, 6.07) is 27.0. The van der Waals surface area contributed by atoms with Crippen molar-refractivity contribution in [3.63, 3.8) is 0 Å². The summed E-state index contributed by atoms with van der Waals surface area (Å²) in [4.78, 5) is 29.8. The molecule has 0 radical (unpaired) electrons. The second kappa shape index (κ2) is 16.7. The number of hydrogen-bond acceptors (Lipinski definition) is 5. The van der Waals surface area contributed by atoms with Gasteiger partial charge in [0.05, 0.1) is 17.2 Å². The van der Waals surface area contributed by atoms with E-state index in [-0.39, 0.29) is 36.1 Å². The van der Waals surface area contributed by atoms with E-state index in [0.29, 0.717) is 17.9 Å². The number of ether oxygens (including phenoxy) is 1. The zero-order valence-corrected chi connectivity index (χ0v) is 27.9. The van der Waals surface area contributed by atoms with Crippen LogP contribution in [0.1, 0.15) is 43.4 Å². The minimum atomic E-state index is -4.29. The van der Waals surface area contributed by atoms with Crippen LogP contribution in [0.2, 0.25) is 0 Å². The van der Waals surface area contributed by atoms with Gasteiger partial charge in [-0.25, -0.2) is 12.8 Å². The van der Waals surface area contributed by atoms with Crippen LogP contribution in [0.3, 0.4) is 0 Å². The lowest BCUT2D eigenvalue weighted by molar-refractivity contribution is -0.140. The Morgan fingerprint density at radius 2 is 1.51 bits per heavy atom. The molecule has 2 amide bonds. The molecule has 1 N–H and O–H groups in total. The number of hydrogen-bond donors (Lipinski definition) is 1. The highest BCUT2D eigenvalue weighted by Crippen LogP contribution is 2.33. The molecule has 0 saturated heterocycles. The van der Waals surface area contributed by atoms with Crippen LogP contribution in [-0.4, -0.2) is 50.9 Å². The second-order valence-corrected chi connectivity index (χ2v) is 13.1. The summed E-state index contributed by atoms with van der Waals surface area (Å²) < 4.78 is 49.3. The topological polar surface area (TPSA) is 96.0 Å². The van der Waals surface area contributed by atoms with Crippen molar-refractivity contribution in [2.45, 2.75) is 57.5 Å². The smallest absolute Gasteiger partial charge is 0.264 e. The van der Waals surface area contributed by atoms with Crippen LogP contribution in [0.25, 0.3) is 0 Å². The Hall–Kier alpha value is -4.70. The molecule has 0 fully saturated rings. The third kappa shape index (κ3) is 9.42. The van der Waals surface area contributed by atoms with Crippen molar-refractivity contribution in [1.29, 1.82) is 0 Å². The molecule has 248 valence electrons. The molecular weight excluding hydrogens is 617 g/mol. The lowest BCUT2D eigenvalue weighted by Crippen LogP contribution is -2.53. The van der Waals surface area contributed by atoms with E-state index in [1.807, 2.05) is 44.2 Å². The number of sulfonamides is 1. The number of carbonyl (C=O) groups excluding carboxylic acids is 2. The molecule has 4 aromatic rings. The number of halogens is 1. The number of anilines is 1. The van der Waals surface area contributed by atoms with Crippen molar-refractivity contribution in [3.8, 4) is 5.75 Å². The van der Waals surface area contributed by atoms with Gasteiger partial charge in [-0.2, -0.15) is 0 Å². The molecule has 4 rings (SSSR count). The maximum Gasteiger partial charge on any atom is 0.264 e. The fraction of sp³-hybridized carbons (Fsp3) is 0.297. The van der Waals surface area contributed by atoms with Gasteiger partial charge in [0.1, 0.15) is 24.2 Å². The van der Waals surface area contributed by atoms with Gasteiger partial charge >= 0.3 is 0 Å². The van der Waals surface area contributed by atoms with E-state index in [9.17, 15) is 22.4 Å². The minimum Gasteiger partial charge on any atom is -0.492 e. The van der Waals surface area contributed by atoms with E-state index in [0.717, 1.165) is 28.3 Å². The van der Waals surface area contributed by atoms with Gasteiger partial charge in [0.2, 0.25) is 11.8 Å². The Morgan fingerprint density at radius 3 is 2.17 bits per heavy atom. The summed E-state index contributed by atoms with van der Waals surface area (Å²) in [5.74, 6) is -1.11. The number of nitrogens with one attached hydrogen (secondary N) is 1. The van der Waals surface area contributed by atoms with Gasteiger partial charge in [-0.05, 0) is 67.8 Å². The molecule has 0 heterocycles. The number of benzene rings is 4. The van der Waals surface area contributed by atoms with Gasteiger partial charge in [-0.15, -0.1) is 0 Å². The van der Waals surface area contributed by atoms with Gasteiger partial charge in [0.25, 0.3) is 10.0 Å². The monoisotopic (exact) mass is 659 g/mol. The Balaban J connectivity index is 1.82. The highest BCUT2D eigenvalue weighted by atomic mass is 32.2. The molecule has 0 unspecified atom stereocenters. The summed E-state index contributed by atoms with van der Waals surface area (Å²) >= 11 is 0. The predicted molar refractivity (Wildman–Crippen MR) is 182 cm³/mol. The third-order valence-electron chi connectivity index (χ3n) is 7.69. The molecule has 47 heavy (non-hydrogen) atoms. The quantitative estimate of drug-likeness (QED) is 0.143. The van der Waals surface area contributed by atoms with E-state index in [4.69, 9.17) is 4.74 Å². The van der Waals surface area contributed by atoms with Gasteiger partial charge < -0.3 is 15.0 Å². The number of para-hydroxylation sites is 2.